The lowest BCUT2D eigenvalue weighted by Gasteiger charge is -2.30. The third kappa shape index (κ3) is 8.10. The highest BCUT2D eigenvalue weighted by Crippen LogP contribution is 2.51. The van der Waals surface area contributed by atoms with Gasteiger partial charge in [-0.3, -0.25) is 13.9 Å². The Hall–Kier alpha value is -3.16. The van der Waals surface area contributed by atoms with Gasteiger partial charge in [-0.25, -0.2) is 9.36 Å². The molecule has 2 aromatic rings. The van der Waals surface area contributed by atoms with Crippen LogP contribution in [0, 0.1) is 12.8 Å². The molecule has 1 aromatic carbocycles. The van der Waals surface area contributed by atoms with E-state index in [2.05, 4.69) is 20.1 Å². The molecule has 3 rings (SSSR count). The number of aryl methyl sites for hydroxylation is 1. The van der Waals surface area contributed by atoms with Gasteiger partial charge >= 0.3 is 19.4 Å². The number of esters is 1. The van der Waals surface area contributed by atoms with E-state index in [0.717, 1.165) is 11.0 Å². The zero-order valence-corrected chi connectivity index (χ0v) is 27.1. The number of nitrogen functional groups attached to an aromatic ring is 1. The SMILES string of the molecule is CCCCOC(=O)[C@@H](C)NP(=O)(OC[C@@]1(N=[N+]=[N-])O[C@@H](n2ccc(N)nc2=O)[C@@H](C)[C@@H]1O)Oc1cc(C)c(Cl)cc1C(C)C. The first-order chi connectivity index (χ1) is 20.7. The molecule has 1 aliphatic rings. The fourth-order valence-electron chi connectivity index (χ4n) is 4.52. The first-order valence-corrected chi connectivity index (χ1v) is 16.0. The number of carbonyl (C=O) groups is 1. The van der Waals surface area contributed by atoms with Gasteiger partial charge in [0.05, 0.1) is 19.3 Å². The Morgan fingerprint density at radius 3 is 2.73 bits per heavy atom. The zero-order valence-electron chi connectivity index (χ0n) is 25.5. The topological polar surface area (TPSA) is 213 Å². The molecule has 1 unspecified atom stereocenters. The van der Waals surface area contributed by atoms with E-state index in [-0.39, 0.29) is 24.1 Å². The number of nitrogens with zero attached hydrogens (tertiary/aromatic N) is 5. The van der Waals surface area contributed by atoms with Gasteiger partial charge in [0.15, 0.2) is 5.72 Å². The number of anilines is 1. The van der Waals surface area contributed by atoms with Crippen molar-refractivity contribution in [3.05, 3.63) is 61.5 Å². The number of ether oxygens (including phenoxy) is 2. The van der Waals surface area contributed by atoms with Crippen molar-refractivity contribution in [2.45, 2.75) is 84.4 Å². The molecule has 1 aromatic heterocycles. The van der Waals surface area contributed by atoms with E-state index < -0.39 is 56.0 Å². The summed E-state index contributed by atoms with van der Waals surface area (Å²) in [6.07, 6.45) is 0.0631. The van der Waals surface area contributed by atoms with Crippen molar-refractivity contribution in [1.29, 1.82) is 0 Å². The van der Waals surface area contributed by atoms with E-state index in [1.165, 1.54) is 19.2 Å². The second kappa shape index (κ2) is 14.7. The largest absolute Gasteiger partial charge is 0.465 e. The lowest BCUT2D eigenvalue weighted by Crippen LogP contribution is -2.44. The minimum atomic E-state index is -4.53. The number of nitrogens with two attached hydrogens (primary N) is 1. The average Bonchev–Trinajstić information content (AvgIpc) is 3.19. The number of unbranched alkanes of at least 4 members (excludes halogenated alkanes) is 1. The first kappa shape index (κ1) is 35.3. The summed E-state index contributed by atoms with van der Waals surface area (Å²) in [7, 11) is -4.53. The fraction of sp³-hybridized carbons (Fsp3) is 0.593. The molecule has 4 N–H and O–H groups in total. The maximum atomic E-state index is 14.4. The van der Waals surface area contributed by atoms with E-state index in [0.29, 0.717) is 22.6 Å². The molecular weight excluding hydrogens is 617 g/mol. The van der Waals surface area contributed by atoms with Crippen molar-refractivity contribution >= 4 is 31.1 Å². The third-order valence-corrected chi connectivity index (χ3v) is 9.11. The normalized spacial score (nSPS) is 23.5. The molecule has 2 heterocycles. The predicted molar refractivity (Wildman–Crippen MR) is 163 cm³/mol. The number of halogens is 1. The van der Waals surface area contributed by atoms with E-state index in [1.54, 1.807) is 26.0 Å². The Morgan fingerprint density at radius 2 is 2.11 bits per heavy atom. The van der Waals surface area contributed by atoms with Crippen LogP contribution < -0.4 is 21.0 Å². The van der Waals surface area contributed by atoms with Crippen LogP contribution in [-0.2, 0) is 23.4 Å². The summed E-state index contributed by atoms with van der Waals surface area (Å²) in [6, 6.07) is 3.47. The number of hydrogen-bond acceptors (Lipinski definition) is 11. The second-order valence-corrected chi connectivity index (χ2v) is 13.0. The summed E-state index contributed by atoms with van der Waals surface area (Å²) in [5, 5.41) is 17.9. The van der Waals surface area contributed by atoms with Crippen LogP contribution in [-0.4, -0.2) is 51.7 Å². The Morgan fingerprint density at radius 1 is 1.41 bits per heavy atom. The van der Waals surface area contributed by atoms with Gasteiger partial charge in [-0.05, 0) is 61.0 Å². The molecule has 0 spiro atoms. The molecule has 0 bridgehead atoms. The number of azide groups is 1. The van der Waals surface area contributed by atoms with Crippen molar-refractivity contribution in [2.24, 2.45) is 11.0 Å². The van der Waals surface area contributed by atoms with Crippen LogP contribution in [0.4, 0.5) is 5.82 Å². The molecule has 1 aliphatic heterocycles. The molecular formula is C27H39ClN7O8P. The van der Waals surface area contributed by atoms with Gasteiger partial charge in [0.2, 0.25) is 0 Å². The van der Waals surface area contributed by atoms with Crippen molar-refractivity contribution in [3.63, 3.8) is 0 Å². The molecule has 242 valence electrons. The summed E-state index contributed by atoms with van der Waals surface area (Å²) in [4.78, 5) is 31.7. The Kier molecular flexibility index (Phi) is 11.8. The number of carbonyl (C=O) groups excluding carboxylic acids is 1. The first-order valence-electron chi connectivity index (χ1n) is 14.1. The quantitative estimate of drug-likeness (QED) is 0.0617. The highest BCUT2D eigenvalue weighted by molar-refractivity contribution is 7.52. The smallest absolute Gasteiger partial charge is 0.459 e. The molecule has 44 heavy (non-hydrogen) atoms. The zero-order chi connectivity index (χ0) is 32.8. The van der Waals surface area contributed by atoms with Gasteiger partial charge in [0, 0.05) is 22.0 Å². The summed E-state index contributed by atoms with van der Waals surface area (Å²) in [5.41, 5.74) is 13.3. The molecule has 0 aliphatic carbocycles. The van der Waals surface area contributed by atoms with Gasteiger partial charge in [-0.1, -0.05) is 50.8 Å². The van der Waals surface area contributed by atoms with Gasteiger partial charge in [0.1, 0.15) is 23.8 Å². The highest BCUT2D eigenvalue weighted by Gasteiger charge is 2.55. The van der Waals surface area contributed by atoms with Gasteiger partial charge in [0.25, 0.3) is 0 Å². The summed E-state index contributed by atoms with van der Waals surface area (Å²) >= 11 is 6.34. The number of aliphatic hydroxyl groups excluding tert-OH is 1. The Balaban J connectivity index is 1.99. The average molecular weight is 656 g/mol. The molecule has 1 fully saturated rings. The minimum absolute atomic E-state index is 0.0215. The van der Waals surface area contributed by atoms with Crippen molar-refractivity contribution < 1.29 is 33.0 Å². The van der Waals surface area contributed by atoms with Crippen molar-refractivity contribution in [3.8, 4) is 5.75 Å². The minimum Gasteiger partial charge on any atom is -0.465 e. The molecule has 1 saturated heterocycles. The highest BCUT2D eigenvalue weighted by atomic mass is 35.5. The number of hydrogen-bond donors (Lipinski definition) is 3. The third-order valence-electron chi connectivity index (χ3n) is 7.09. The van der Waals surface area contributed by atoms with Crippen LogP contribution in [0.15, 0.2) is 34.3 Å². The number of aromatic nitrogens is 2. The number of rotatable bonds is 14. The maximum Gasteiger partial charge on any atom is 0.459 e. The molecule has 0 saturated carbocycles. The van der Waals surface area contributed by atoms with Gasteiger partial charge in [-0.15, -0.1) is 0 Å². The van der Waals surface area contributed by atoms with Crippen molar-refractivity contribution in [2.75, 3.05) is 18.9 Å². The van der Waals surface area contributed by atoms with Crippen LogP contribution in [0.25, 0.3) is 10.4 Å². The van der Waals surface area contributed by atoms with Crippen LogP contribution in [0.5, 0.6) is 5.75 Å². The van der Waals surface area contributed by atoms with Crippen molar-refractivity contribution in [1.82, 2.24) is 14.6 Å². The number of aliphatic hydroxyl groups is 1. The van der Waals surface area contributed by atoms with Gasteiger partial charge in [-0.2, -0.15) is 10.1 Å². The van der Waals surface area contributed by atoms with Crippen LogP contribution in [0.2, 0.25) is 5.02 Å². The lowest BCUT2D eigenvalue weighted by molar-refractivity contribution is -0.145. The molecule has 15 nitrogen and oxygen atoms in total. The Bertz CT molecular complexity index is 1500. The van der Waals surface area contributed by atoms with E-state index in [9.17, 15) is 24.8 Å². The maximum absolute atomic E-state index is 14.4. The summed E-state index contributed by atoms with van der Waals surface area (Å²) < 4.78 is 38.4. The monoisotopic (exact) mass is 655 g/mol. The van der Waals surface area contributed by atoms with Crippen LogP contribution >= 0.6 is 19.3 Å². The second-order valence-electron chi connectivity index (χ2n) is 10.9. The van der Waals surface area contributed by atoms with Crippen LogP contribution in [0.1, 0.15) is 70.7 Å². The molecule has 0 amide bonds. The number of nitrogens with one attached hydrogen (secondary N) is 1. The van der Waals surface area contributed by atoms with Crippen LogP contribution in [0.3, 0.4) is 0 Å². The molecule has 0 radical (unpaired) electrons. The summed E-state index contributed by atoms with van der Waals surface area (Å²) in [5.74, 6) is -1.50. The predicted octanol–water partition coefficient (Wildman–Crippen LogP) is 4.97. The van der Waals surface area contributed by atoms with E-state index in [4.69, 9.17) is 35.9 Å². The van der Waals surface area contributed by atoms with E-state index in [1.807, 2.05) is 20.8 Å². The fourth-order valence-corrected chi connectivity index (χ4v) is 6.22. The Labute approximate surface area is 260 Å². The molecule has 6 atom stereocenters. The molecule has 17 heteroatoms. The van der Waals surface area contributed by atoms with Gasteiger partial charge < -0.3 is 24.8 Å². The van der Waals surface area contributed by atoms with E-state index >= 15 is 0 Å². The number of benzene rings is 1. The lowest BCUT2D eigenvalue weighted by atomic mass is 9.98. The summed E-state index contributed by atoms with van der Waals surface area (Å²) in [6.45, 7) is 9.79. The standard InChI is InChI=1S/C27H39ClN7O8P/c1-7-8-11-40-25(37)18(6)32-44(39,43-21-12-16(4)20(28)13-19(21)15(2)3)41-14-27(33-34-30)23(36)17(5)24(42-27)35-10-9-22(29)31-26(35)38/h9-10,12-13,15,17-18,23-24,36H,7-8,11,14H2,1-6H3,(H,32,39)(H2,29,31,38)/t17-,18+,23-,24+,27+,44?/m0/s1.